The number of nitrogens with one attached hydrogen (secondary N) is 1. The van der Waals surface area contributed by atoms with Gasteiger partial charge in [0.25, 0.3) is 0 Å². The third-order valence-electron chi connectivity index (χ3n) is 2.03. The molecule has 1 amide bonds. The Labute approximate surface area is 89.7 Å². The molecule has 0 aromatic heterocycles. The van der Waals surface area contributed by atoms with Crippen molar-refractivity contribution in [2.24, 2.45) is 0 Å². The molecular weight excluding hydrogens is 194 g/mol. The van der Waals surface area contributed by atoms with E-state index in [1.807, 2.05) is 20.8 Å². The molecule has 1 aliphatic rings. The normalized spacial score (nSPS) is 17.5. The Bertz CT molecular complexity index is 323. The largest absolute Gasteiger partial charge is 0.457 e. The van der Waals surface area contributed by atoms with Crippen LogP contribution in [0.5, 0.6) is 0 Å². The summed E-state index contributed by atoms with van der Waals surface area (Å²) in [7, 11) is 0. The summed E-state index contributed by atoms with van der Waals surface area (Å²) in [6.45, 7) is 7.18. The monoisotopic (exact) mass is 211 g/mol. The Kier molecular flexibility index (Phi) is 3.17. The second kappa shape index (κ2) is 4.04. The maximum absolute atomic E-state index is 11.7. The van der Waals surface area contributed by atoms with E-state index in [-0.39, 0.29) is 11.9 Å². The fraction of sp³-hybridized carbons (Fsp3) is 0.636. The molecule has 0 fully saturated rings. The molecule has 0 unspecified atom stereocenters. The molecular formula is C11H17NO3. The van der Waals surface area contributed by atoms with Crippen molar-refractivity contribution in [1.29, 1.82) is 0 Å². The highest BCUT2D eigenvalue weighted by molar-refractivity contribution is 5.93. The van der Waals surface area contributed by atoms with Gasteiger partial charge < -0.3 is 10.1 Å². The number of rotatable bonds is 1. The van der Waals surface area contributed by atoms with Crippen molar-refractivity contribution in [1.82, 2.24) is 5.32 Å². The number of allylic oxidation sites excluding steroid dienone is 1. The molecule has 4 heteroatoms. The third-order valence-corrected chi connectivity index (χ3v) is 2.03. The average molecular weight is 211 g/mol. The lowest BCUT2D eigenvalue weighted by Crippen LogP contribution is -2.32. The molecule has 0 aromatic rings. The number of amides is 1. The number of hydrogen-bond acceptors (Lipinski definition) is 3. The van der Waals surface area contributed by atoms with Crippen LogP contribution in [0.2, 0.25) is 0 Å². The Morgan fingerprint density at radius 3 is 2.40 bits per heavy atom. The van der Waals surface area contributed by atoms with Gasteiger partial charge in [-0.05, 0) is 34.1 Å². The molecule has 0 bridgehead atoms. The highest BCUT2D eigenvalue weighted by Gasteiger charge is 2.25. The van der Waals surface area contributed by atoms with Crippen molar-refractivity contribution >= 4 is 11.9 Å². The first-order valence-electron chi connectivity index (χ1n) is 5.02. The predicted octanol–water partition coefficient (Wildman–Crippen LogP) is 1.51. The van der Waals surface area contributed by atoms with Crippen LogP contribution in [0.15, 0.2) is 11.3 Å². The Balaban J connectivity index is 2.76. The second-order valence-corrected chi connectivity index (χ2v) is 4.65. The van der Waals surface area contributed by atoms with Gasteiger partial charge in [-0.3, -0.25) is 4.79 Å². The molecule has 1 heterocycles. The van der Waals surface area contributed by atoms with Gasteiger partial charge in [-0.25, -0.2) is 4.79 Å². The maximum Gasteiger partial charge on any atom is 0.336 e. The predicted molar refractivity (Wildman–Crippen MR) is 55.9 cm³/mol. The molecule has 15 heavy (non-hydrogen) atoms. The van der Waals surface area contributed by atoms with E-state index in [0.29, 0.717) is 24.1 Å². The first kappa shape index (κ1) is 11.8. The highest BCUT2D eigenvalue weighted by Crippen LogP contribution is 2.19. The molecule has 4 nitrogen and oxygen atoms in total. The minimum Gasteiger partial charge on any atom is -0.457 e. The quantitative estimate of drug-likeness (QED) is 0.669. The number of esters is 1. The zero-order valence-corrected chi connectivity index (χ0v) is 9.64. The molecule has 0 aromatic carbocycles. The molecule has 1 aliphatic heterocycles. The van der Waals surface area contributed by atoms with E-state index in [1.54, 1.807) is 6.92 Å². The number of carbonyl (C=O) groups excluding carboxylic acids is 2. The first-order valence-corrected chi connectivity index (χ1v) is 5.02. The minimum atomic E-state index is -0.494. The van der Waals surface area contributed by atoms with Crippen molar-refractivity contribution < 1.29 is 14.3 Å². The van der Waals surface area contributed by atoms with Gasteiger partial charge in [0.15, 0.2) is 0 Å². The Morgan fingerprint density at radius 2 is 1.93 bits per heavy atom. The maximum atomic E-state index is 11.7. The smallest absolute Gasteiger partial charge is 0.336 e. The molecule has 0 aliphatic carbocycles. The van der Waals surface area contributed by atoms with Gasteiger partial charge in [0.1, 0.15) is 5.60 Å². The standard InChI is InChI=1S/C11H17NO3/c1-7-8(5-6-9(13)12-7)10(14)15-11(2,3)4/h5-6H2,1-4H3,(H,12,13). The van der Waals surface area contributed by atoms with Crippen LogP contribution in [0.4, 0.5) is 0 Å². The zero-order chi connectivity index (χ0) is 11.6. The van der Waals surface area contributed by atoms with Crippen molar-refractivity contribution in [3.8, 4) is 0 Å². The van der Waals surface area contributed by atoms with Gasteiger partial charge in [-0.1, -0.05) is 0 Å². The van der Waals surface area contributed by atoms with Crippen molar-refractivity contribution in [3.63, 3.8) is 0 Å². The third kappa shape index (κ3) is 3.38. The van der Waals surface area contributed by atoms with E-state index in [4.69, 9.17) is 4.74 Å². The molecule has 0 radical (unpaired) electrons. The van der Waals surface area contributed by atoms with Crippen molar-refractivity contribution in [2.45, 2.75) is 46.1 Å². The van der Waals surface area contributed by atoms with Crippen LogP contribution >= 0.6 is 0 Å². The van der Waals surface area contributed by atoms with E-state index in [0.717, 1.165) is 0 Å². The van der Waals surface area contributed by atoms with Gasteiger partial charge in [0.2, 0.25) is 5.91 Å². The van der Waals surface area contributed by atoms with Crippen LogP contribution in [0, 0.1) is 0 Å². The summed E-state index contributed by atoms with van der Waals surface area (Å²) >= 11 is 0. The van der Waals surface area contributed by atoms with Gasteiger partial charge in [-0.2, -0.15) is 0 Å². The average Bonchev–Trinajstić information content (AvgIpc) is 1.99. The minimum absolute atomic E-state index is 0.0418. The van der Waals surface area contributed by atoms with E-state index in [9.17, 15) is 9.59 Å². The lowest BCUT2D eigenvalue weighted by atomic mass is 10.0. The lowest BCUT2D eigenvalue weighted by Gasteiger charge is -2.23. The summed E-state index contributed by atoms with van der Waals surface area (Å²) in [5, 5.41) is 2.64. The molecule has 1 N–H and O–H groups in total. The SMILES string of the molecule is CC1=C(C(=O)OC(C)(C)C)CCC(=O)N1. The Hall–Kier alpha value is -1.32. The second-order valence-electron chi connectivity index (χ2n) is 4.65. The molecule has 0 spiro atoms. The molecule has 0 saturated carbocycles. The Morgan fingerprint density at radius 1 is 1.33 bits per heavy atom. The lowest BCUT2D eigenvalue weighted by molar-refractivity contribution is -0.150. The molecule has 0 atom stereocenters. The van der Waals surface area contributed by atoms with E-state index in [1.165, 1.54) is 0 Å². The summed E-state index contributed by atoms with van der Waals surface area (Å²) in [6, 6.07) is 0. The summed E-state index contributed by atoms with van der Waals surface area (Å²) < 4.78 is 5.23. The van der Waals surface area contributed by atoms with E-state index >= 15 is 0 Å². The van der Waals surface area contributed by atoms with Crippen LogP contribution < -0.4 is 5.32 Å². The van der Waals surface area contributed by atoms with Gasteiger partial charge >= 0.3 is 5.97 Å². The van der Waals surface area contributed by atoms with Crippen LogP contribution in [0.25, 0.3) is 0 Å². The van der Waals surface area contributed by atoms with E-state index in [2.05, 4.69) is 5.32 Å². The van der Waals surface area contributed by atoms with Gasteiger partial charge in [-0.15, -0.1) is 0 Å². The van der Waals surface area contributed by atoms with E-state index < -0.39 is 5.60 Å². The van der Waals surface area contributed by atoms with Gasteiger partial charge in [0.05, 0.1) is 5.57 Å². The molecule has 84 valence electrons. The van der Waals surface area contributed by atoms with Crippen LogP contribution in [-0.4, -0.2) is 17.5 Å². The molecule has 1 rings (SSSR count). The van der Waals surface area contributed by atoms with Crippen LogP contribution in [0.1, 0.15) is 40.5 Å². The summed E-state index contributed by atoms with van der Waals surface area (Å²) in [4.78, 5) is 22.7. The number of hydrogen-bond donors (Lipinski definition) is 1. The number of ether oxygens (including phenoxy) is 1. The summed E-state index contributed by atoms with van der Waals surface area (Å²) in [5.74, 6) is -0.375. The van der Waals surface area contributed by atoms with Gasteiger partial charge in [0, 0.05) is 12.1 Å². The van der Waals surface area contributed by atoms with Crippen LogP contribution in [-0.2, 0) is 14.3 Å². The van der Waals surface area contributed by atoms with Crippen molar-refractivity contribution in [2.75, 3.05) is 0 Å². The summed E-state index contributed by atoms with van der Waals surface area (Å²) in [5.41, 5.74) is 0.691. The van der Waals surface area contributed by atoms with Crippen molar-refractivity contribution in [3.05, 3.63) is 11.3 Å². The first-order chi connectivity index (χ1) is 6.79. The highest BCUT2D eigenvalue weighted by atomic mass is 16.6. The summed E-state index contributed by atoms with van der Waals surface area (Å²) in [6.07, 6.45) is 0.818. The topological polar surface area (TPSA) is 55.4 Å². The zero-order valence-electron chi connectivity index (χ0n) is 9.64. The van der Waals surface area contributed by atoms with Crippen LogP contribution in [0.3, 0.4) is 0 Å². The fourth-order valence-electron chi connectivity index (χ4n) is 1.37. The fourth-order valence-corrected chi connectivity index (χ4v) is 1.37. The number of carbonyl (C=O) groups is 2. The molecule has 0 saturated heterocycles.